The van der Waals surface area contributed by atoms with E-state index in [2.05, 4.69) is 27.3 Å². The minimum Gasteiger partial charge on any atom is -0.395 e. The molecule has 90 valence electrons. The zero-order valence-corrected chi connectivity index (χ0v) is 10.5. The van der Waals surface area contributed by atoms with E-state index in [0.29, 0.717) is 5.92 Å². The lowest BCUT2D eigenvalue weighted by molar-refractivity contribution is 0.134. The number of aromatic nitrogens is 2. The molecule has 0 spiro atoms. The van der Waals surface area contributed by atoms with Crippen LogP contribution in [0.25, 0.3) is 0 Å². The van der Waals surface area contributed by atoms with E-state index in [9.17, 15) is 5.11 Å². The number of aliphatic hydroxyl groups is 1. The van der Waals surface area contributed by atoms with Crippen molar-refractivity contribution in [2.75, 3.05) is 25.5 Å². The van der Waals surface area contributed by atoms with E-state index in [1.807, 2.05) is 7.05 Å². The number of nitrogens with one attached hydrogen (secondary N) is 1. The van der Waals surface area contributed by atoms with Crippen LogP contribution < -0.4 is 5.32 Å². The Morgan fingerprint density at radius 3 is 3.00 bits per heavy atom. The Morgan fingerprint density at radius 1 is 1.56 bits per heavy atom. The minimum atomic E-state index is 0.235. The zero-order valence-electron chi connectivity index (χ0n) is 9.68. The highest BCUT2D eigenvalue weighted by molar-refractivity contribution is 7.15. The highest BCUT2D eigenvalue weighted by Gasteiger charge is 2.30. The van der Waals surface area contributed by atoms with E-state index in [1.165, 1.54) is 0 Å². The molecular weight excluding hydrogens is 224 g/mol. The summed E-state index contributed by atoms with van der Waals surface area (Å²) >= 11 is 1.58. The van der Waals surface area contributed by atoms with Crippen molar-refractivity contribution in [2.45, 2.75) is 25.9 Å². The maximum Gasteiger partial charge on any atom is 0.205 e. The average molecular weight is 242 g/mol. The van der Waals surface area contributed by atoms with Crippen molar-refractivity contribution >= 4 is 16.5 Å². The smallest absolute Gasteiger partial charge is 0.205 e. The quantitative estimate of drug-likeness (QED) is 0.817. The van der Waals surface area contributed by atoms with Crippen molar-refractivity contribution in [3.63, 3.8) is 0 Å². The first-order valence-electron chi connectivity index (χ1n) is 5.59. The number of likely N-dealkylation sites (tertiary alicyclic amines) is 1. The molecule has 0 saturated carbocycles. The Bertz CT molecular complexity index is 343. The largest absolute Gasteiger partial charge is 0.395 e. The fourth-order valence-corrected chi connectivity index (χ4v) is 2.89. The van der Waals surface area contributed by atoms with Crippen LogP contribution in [0.3, 0.4) is 0 Å². The van der Waals surface area contributed by atoms with Gasteiger partial charge in [0, 0.05) is 13.1 Å². The Labute approximate surface area is 99.5 Å². The molecule has 1 aromatic heterocycles. The van der Waals surface area contributed by atoms with E-state index < -0.39 is 0 Å². The second-order valence-electron chi connectivity index (χ2n) is 4.24. The second kappa shape index (κ2) is 5.07. The highest BCUT2D eigenvalue weighted by atomic mass is 32.1. The van der Waals surface area contributed by atoms with Gasteiger partial charge in [-0.25, -0.2) is 0 Å². The molecule has 0 aromatic carbocycles. The van der Waals surface area contributed by atoms with Crippen LogP contribution in [0, 0.1) is 5.92 Å². The van der Waals surface area contributed by atoms with Crippen molar-refractivity contribution in [3.8, 4) is 0 Å². The third-order valence-electron chi connectivity index (χ3n) is 3.20. The fourth-order valence-electron chi connectivity index (χ4n) is 2.17. The summed E-state index contributed by atoms with van der Waals surface area (Å²) in [7, 11) is 1.85. The van der Waals surface area contributed by atoms with Crippen LogP contribution in [-0.2, 0) is 6.54 Å². The normalized spacial score (nSPS) is 26.2. The predicted octanol–water partition coefficient (Wildman–Crippen LogP) is 0.782. The van der Waals surface area contributed by atoms with Crippen LogP contribution in [0.15, 0.2) is 0 Å². The molecule has 1 aromatic rings. The first kappa shape index (κ1) is 11.8. The van der Waals surface area contributed by atoms with Gasteiger partial charge in [0.15, 0.2) is 0 Å². The molecule has 1 fully saturated rings. The van der Waals surface area contributed by atoms with Gasteiger partial charge in [-0.2, -0.15) is 0 Å². The van der Waals surface area contributed by atoms with E-state index in [-0.39, 0.29) is 12.6 Å². The zero-order chi connectivity index (χ0) is 11.5. The number of hydrogen-bond donors (Lipinski definition) is 2. The molecular formula is C10H18N4OS. The van der Waals surface area contributed by atoms with Gasteiger partial charge in [-0.15, -0.1) is 10.2 Å². The monoisotopic (exact) mass is 242 g/mol. The molecule has 2 N–H and O–H groups in total. The summed E-state index contributed by atoms with van der Waals surface area (Å²) in [5.41, 5.74) is 0. The molecule has 0 radical (unpaired) electrons. The minimum absolute atomic E-state index is 0.235. The van der Waals surface area contributed by atoms with Gasteiger partial charge in [0.2, 0.25) is 5.13 Å². The molecule has 2 rings (SSSR count). The third kappa shape index (κ3) is 2.34. The van der Waals surface area contributed by atoms with Crippen LogP contribution in [-0.4, -0.2) is 46.4 Å². The van der Waals surface area contributed by atoms with Gasteiger partial charge < -0.3 is 10.4 Å². The first-order chi connectivity index (χ1) is 7.74. The van der Waals surface area contributed by atoms with Gasteiger partial charge in [-0.05, 0) is 18.9 Å². The lowest BCUT2D eigenvalue weighted by Crippen LogP contribution is -2.34. The highest BCUT2D eigenvalue weighted by Crippen LogP contribution is 2.26. The maximum atomic E-state index is 9.35. The third-order valence-corrected chi connectivity index (χ3v) is 4.13. The van der Waals surface area contributed by atoms with Crippen molar-refractivity contribution < 1.29 is 5.11 Å². The van der Waals surface area contributed by atoms with Gasteiger partial charge in [-0.1, -0.05) is 18.3 Å². The molecule has 0 bridgehead atoms. The Kier molecular flexibility index (Phi) is 3.73. The molecule has 2 unspecified atom stereocenters. The van der Waals surface area contributed by atoms with Crippen molar-refractivity contribution in [3.05, 3.63) is 5.01 Å². The summed E-state index contributed by atoms with van der Waals surface area (Å²) in [4.78, 5) is 2.30. The average Bonchev–Trinajstić information content (AvgIpc) is 2.86. The molecule has 16 heavy (non-hydrogen) atoms. The van der Waals surface area contributed by atoms with Crippen LogP contribution >= 0.6 is 11.3 Å². The molecule has 5 nitrogen and oxygen atoms in total. The summed E-state index contributed by atoms with van der Waals surface area (Å²) in [5.74, 6) is 0.571. The van der Waals surface area contributed by atoms with Gasteiger partial charge in [0.1, 0.15) is 5.01 Å². The number of nitrogens with zero attached hydrogens (tertiary/aromatic N) is 3. The predicted molar refractivity (Wildman–Crippen MR) is 64.5 cm³/mol. The Morgan fingerprint density at radius 2 is 2.38 bits per heavy atom. The van der Waals surface area contributed by atoms with E-state index in [1.54, 1.807) is 11.3 Å². The topological polar surface area (TPSA) is 61.3 Å². The van der Waals surface area contributed by atoms with Gasteiger partial charge in [0.05, 0.1) is 13.2 Å². The first-order valence-corrected chi connectivity index (χ1v) is 6.41. The van der Waals surface area contributed by atoms with Crippen molar-refractivity contribution in [2.24, 2.45) is 5.92 Å². The summed E-state index contributed by atoms with van der Waals surface area (Å²) in [6, 6.07) is 0.280. The standard InChI is InChI=1S/C10H18N4OS/c1-7-3-4-14(8(7)6-15)5-9-12-13-10(11-2)16-9/h7-8,15H,3-6H2,1-2H3,(H,11,13). The van der Waals surface area contributed by atoms with E-state index in [4.69, 9.17) is 0 Å². The Balaban J connectivity index is 1.98. The van der Waals surface area contributed by atoms with Crippen LogP contribution in [0.1, 0.15) is 18.4 Å². The summed E-state index contributed by atoms with van der Waals surface area (Å²) in [5, 5.41) is 22.3. The summed E-state index contributed by atoms with van der Waals surface area (Å²) in [6.45, 7) is 4.27. The number of anilines is 1. The van der Waals surface area contributed by atoms with Gasteiger partial charge in [-0.3, -0.25) is 4.90 Å². The van der Waals surface area contributed by atoms with Crippen LogP contribution in [0.4, 0.5) is 5.13 Å². The summed E-state index contributed by atoms with van der Waals surface area (Å²) < 4.78 is 0. The number of hydrogen-bond acceptors (Lipinski definition) is 6. The van der Waals surface area contributed by atoms with Crippen molar-refractivity contribution in [1.82, 2.24) is 15.1 Å². The van der Waals surface area contributed by atoms with Crippen LogP contribution in [0.2, 0.25) is 0 Å². The molecule has 6 heteroatoms. The number of aliphatic hydroxyl groups excluding tert-OH is 1. The molecule has 1 aliphatic rings. The molecule has 0 aliphatic carbocycles. The molecule has 1 aliphatic heterocycles. The maximum absolute atomic E-state index is 9.35. The van der Waals surface area contributed by atoms with Gasteiger partial charge >= 0.3 is 0 Å². The van der Waals surface area contributed by atoms with Crippen LogP contribution in [0.5, 0.6) is 0 Å². The molecule has 2 atom stereocenters. The van der Waals surface area contributed by atoms with Gasteiger partial charge in [0.25, 0.3) is 0 Å². The summed E-state index contributed by atoms with van der Waals surface area (Å²) in [6.07, 6.45) is 1.16. The molecule has 2 heterocycles. The molecule has 1 saturated heterocycles. The van der Waals surface area contributed by atoms with E-state index in [0.717, 1.165) is 29.6 Å². The number of rotatable bonds is 4. The Hall–Kier alpha value is -0.720. The lowest BCUT2D eigenvalue weighted by atomic mass is 10.0. The van der Waals surface area contributed by atoms with E-state index >= 15 is 0 Å². The van der Waals surface area contributed by atoms with Crippen molar-refractivity contribution in [1.29, 1.82) is 0 Å². The fraction of sp³-hybridized carbons (Fsp3) is 0.800. The SMILES string of the molecule is CNc1nnc(CN2CCC(C)C2CO)s1. The molecule has 0 amide bonds. The lowest BCUT2D eigenvalue weighted by Gasteiger charge is -2.23. The second-order valence-corrected chi connectivity index (χ2v) is 5.30.